The molecule has 1 N–H and O–H groups in total. The van der Waals surface area contributed by atoms with Gasteiger partial charge in [-0.3, -0.25) is 0 Å². The third-order valence-electron chi connectivity index (χ3n) is 2.84. The fourth-order valence-electron chi connectivity index (χ4n) is 2.06. The monoisotopic (exact) mass is 289 g/mol. The number of alkyl halides is 3. The second-order valence-electron chi connectivity index (χ2n) is 5.26. The summed E-state index contributed by atoms with van der Waals surface area (Å²) in [6, 6.07) is 6.26. The Kier molecular flexibility index (Phi) is 6.33. The van der Waals surface area contributed by atoms with Crippen LogP contribution in [0.15, 0.2) is 24.3 Å². The lowest BCUT2D eigenvalue weighted by atomic mass is 9.96. The molecule has 20 heavy (non-hydrogen) atoms. The number of hydrogen-bond acceptors (Lipinski definition) is 2. The molecular weight excluding hydrogens is 267 g/mol. The van der Waals surface area contributed by atoms with Gasteiger partial charge >= 0.3 is 6.36 Å². The smallest absolute Gasteiger partial charge is 0.406 e. The average Bonchev–Trinajstić information content (AvgIpc) is 2.32. The largest absolute Gasteiger partial charge is 0.573 e. The molecule has 0 radical (unpaired) electrons. The summed E-state index contributed by atoms with van der Waals surface area (Å²) in [6.45, 7) is 7.08. The summed E-state index contributed by atoms with van der Waals surface area (Å²) in [6.07, 6.45) is -2.80. The zero-order valence-corrected chi connectivity index (χ0v) is 12.1. The minimum absolute atomic E-state index is 0.0479. The van der Waals surface area contributed by atoms with E-state index < -0.39 is 6.36 Å². The summed E-state index contributed by atoms with van der Waals surface area (Å²) in [7, 11) is 0. The van der Waals surface area contributed by atoms with Crippen molar-refractivity contribution in [2.45, 2.75) is 46.0 Å². The van der Waals surface area contributed by atoms with Crippen LogP contribution in [-0.4, -0.2) is 12.9 Å². The number of hydrogen-bond donors (Lipinski definition) is 1. The lowest BCUT2D eigenvalue weighted by molar-refractivity contribution is -0.274. The second kappa shape index (κ2) is 7.53. The van der Waals surface area contributed by atoms with Crippen LogP contribution in [0.5, 0.6) is 5.75 Å². The summed E-state index contributed by atoms with van der Waals surface area (Å²) in [5, 5.41) is 3.37. The van der Waals surface area contributed by atoms with Crippen molar-refractivity contribution in [3.63, 3.8) is 0 Å². The molecule has 0 aromatic heterocycles. The van der Waals surface area contributed by atoms with Crippen molar-refractivity contribution in [3.8, 4) is 5.75 Å². The molecule has 0 aliphatic rings. The first kappa shape index (κ1) is 16.8. The highest BCUT2D eigenvalue weighted by molar-refractivity contribution is 5.30. The van der Waals surface area contributed by atoms with E-state index >= 15 is 0 Å². The predicted molar refractivity (Wildman–Crippen MR) is 73.6 cm³/mol. The molecule has 1 unspecified atom stereocenters. The normalized spacial score (nSPS) is 13.6. The Hall–Kier alpha value is -1.23. The highest BCUT2D eigenvalue weighted by Crippen LogP contribution is 2.28. The molecule has 0 saturated carbocycles. The lowest BCUT2D eigenvalue weighted by Crippen LogP contribution is -2.24. The summed E-state index contributed by atoms with van der Waals surface area (Å²) in [4.78, 5) is 0. The van der Waals surface area contributed by atoms with E-state index in [4.69, 9.17) is 0 Å². The number of halogens is 3. The molecule has 114 valence electrons. The Morgan fingerprint density at radius 1 is 1.25 bits per heavy atom. The first-order valence-electron chi connectivity index (χ1n) is 6.91. The van der Waals surface area contributed by atoms with Gasteiger partial charge in [0.15, 0.2) is 0 Å². The van der Waals surface area contributed by atoms with Crippen molar-refractivity contribution >= 4 is 0 Å². The maximum Gasteiger partial charge on any atom is 0.573 e. The molecule has 1 aromatic carbocycles. The molecule has 0 aliphatic heterocycles. The third kappa shape index (κ3) is 6.28. The van der Waals surface area contributed by atoms with Crippen molar-refractivity contribution in [3.05, 3.63) is 29.8 Å². The molecule has 1 atom stereocenters. The Bertz CT molecular complexity index is 404. The van der Waals surface area contributed by atoms with Gasteiger partial charge in [-0.2, -0.15) is 0 Å². The molecule has 5 heteroatoms. The van der Waals surface area contributed by atoms with Crippen LogP contribution in [0.2, 0.25) is 0 Å². The molecule has 1 rings (SSSR count). The number of nitrogens with one attached hydrogen (secondary N) is 1. The number of ether oxygens (including phenoxy) is 1. The second-order valence-corrected chi connectivity index (χ2v) is 5.26. The maximum atomic E-state index is 12.2. The standard InChI is InChI=1S/C15H22F3NO/c1-4-8-19-14(9-11(2)3)12-6-5-7-13(10-12)20-15(16,17)18/h5-7,10-11,14,19H,4,8-9H2,1-3H3. The zero-order chi connectivity index (χ0) is 15.2. The van der Waals surface area contributed by atoms with Crippen LogP contribution in [-0.2, 0) is 0 Å². The van der Waals surface area contributed by atoms with E-state index in [9.17, 15) is 13.2 Å². The molecule has 0 saturated heterocycles. The SMILES string of the molecule is CCCNC(CC(C)C)c1cccc(OC(F)(F)F)c1. The van der Waals surface area contributed by atoms with Gasteiger partial charge in [-0.25, -0.2) is 0 Å². The van der Waals surface area contributed by atoms with E-state index in [-0.39, 0.29) is 11.8 Å². The molecule has 0 bridgehead atoms. The molecule has 0 fully saturated rings. The van der Waals surface area contributed by atoms with Crippen molar-refractivity contribution in [2.75, 3.05) is 6.54 Å². The van der Waals surface area contributed by atoms with E-state index in [1.54, 1.807) is 6.07 Å². The molecular formula is C15H22F3NO. The van der Waals surface area contributed by atoms with Gasteiger partial charge in [0.2, 0.25) is 0 Å². The van der Waals surface area contributed by atoms with Crippen molar-refractivity contribution in [2.24, 2.45) is 5.92 Å². The highest BCUT2D eigenvalue weighted by atomic mass is 19.4. The summed E-state index contributed by atoms with van der Waals surface area (Å²) >= 11 is 0. The van der Waals surface area contributed by atoms with E-state index in [1.165, 1.54) is 12.1 Å². The van der Waals surface area contributed by atoms with Crippen LogP contribution in [0.4, 0.5) is 13.2 Å². The quantitative estimate of drug-likeness (QED) is 0.787. The van der Waals surface area contributed by atoms with E-state index in [0.717, 1.165) is 24.9 Å². The fraction of sp³-hybridized carbons (Fsp3) is 0.600. The van der Waals surface area contributed by atoms with Crippen LogP contribution >= 0.6 is 0 Å². The van der Waals surface area contributed by atoms with Crippen LogP contribution < -0.4 is 10.1 Å². The number of rotatable bonds is 7. The molecule has 1 aromatic rings. The third-order valence-corrected chi connectivity index (χ3v) is 2.84. The lowest BCUT2D eigenvalue weighted by Gasteiger charge is -2.21. The Morgan fingerprint density at radius 3 is 2.50 bits per heavy atom. The molecule has 0 aliphatic carbocycles. The van der Waals surface area contributed by atoms with Gasteiger partial charge < -0.3 is 10.1 Å². The van der Waals surface area contributed by atoms with E-state index in [2.05, 4.69) is 30.8 Å². The molecule has 0 amide bonds. The van der Waals surface area contributed by atoms with Crippen LogP contribution in [0, 0.1) is 5.92 Å². The van der Waals surface area contributed by atoms with Crippen molar-refractivity contribution in [1.29, 1.82) is 0 Å². The summed E-state index contributed by atoms with van der Waals surface area (Å²) < 4.78 is 40.7. The topological polar surface area (TPSA) is 21.3 Å². The maximum absolute atomic E-state index is 12.2. The summed E-state index contributed by atoms with van der Waals surface area (Å²) in [5.74, 6) is 0.290. The average molecular weight is 289 g/mol. The van der Waals surface area contributed by atoms with Gasteiger partial charge in [0.05, 0.1) is 0 Å². The Balaban J connectivity index is 2.86. The Labute approximate surface area is 118 Å². The first-order chi connectivity index (χ1) is 9.31. The van der Waals surface area contributed by atoms with Crippen LogP contribution in [0.25, 0.3) is 0 Å². The van der Waals surface area contributed by atoms with Gasteiger partial charge in [-0.05, 0) is 43.0 Å². The summed E-state index contributed by atoms with van der Waals surface area (Å²) in [5.41, 5.74) is 0.828. The van der Waals surface area contributed by atoms with Crippen LogP contribution in [0.1, 0.15) is 45.2 Å². The molecule has 0 heterocycles. The minimum Gasteiger partial charge on any atom is -0.406 e. The van der Waals surface area contributed by atoms with Gasteiger partial charge in [-0.1, -0.05) is 32.9 Å². The Morgan fingerprint density at radius 2 is 1.95 bits per heavy atom. The zero-order valence-electron chi connectivity index (χ0n) is 12.1. The van der Waals surface area contributed by atoms with Crippen molar-refractivity contribution < 1.29 is 17.9 Å². The molecule has 0 spiro atoms. The fourth-order valence-corrected chi connectivity index (χ4v) is 2.06. The predicted octanol–water partition coefficient (Wildman–Crippen LogP) is 4.67. The van der Waals surface area contributed by atoms with Gasteiger partial charge in [0.1, 0.15) is 5.75 Å². The van der Waals surface area contributed by atoms with Gasteiger partial charge in [0.25, 0.3) is 0 Å². The van der Waals surface area contributed by atoms with Gasteiger partial charge in [-0.15, -0.1) is 13.2 Å². The first-order valence-corrected chi connectivity index (χ1v) is 6.91. The van der Waals surface area contributed by atoms with Gasteiger partial charge in [0, 0.05) is 6.04 Å². The van der Waals surface area contributed by atoms with E-state index in [0.29, 0.717) is 5.92 Å². The van der Waals surface area contributed by atoms with Crippen molar-refractivity contribution in [1.82, 2.24) is 5.32 Å². The highest BCUT2D eigenvalue weighted by Gasteiger charge is 2.31. The minimum atomic E-state index is -4.65. The van der Waals surface area contributed by atoms with E-state index in [1.807, 2.05) is 6.07 Å². The van der Waals surface area contributed by atoms with Crippen LogP contribution in [0.3, 0.4) is 0 Å². The molecule has 2 nitrogen and oxygen atoms in total. The number of benzene rings is 1.